The maximum absolute atomic E-state index is 12.7. The van der Waals surface area contributed by atoms with Gasteiger partial charge in [0.15, 0.2) is 0 Å². The molecule has 8 heteroatoms. The van der Waals surface area contributed by atoms with Gasteiger partial charge in [0.25, 0.3) is 5.91 Å². The highest BCUT2D eigenvalue weighted by molar-refractivity contribution is 6.05. The van der Waals surface area contributed by atoms with E-state index in [1.807, 2.05) is 17.0 Å². The Labute approximate surface area is 213 Å². The number of hydrogen-bond donors (Lipinski definition) is 2. The number of piperazine rings is 1. The summed E-state index contributed by atoms with van der Waals surface area (Å²) in [5, 5.41) is 5.75. The number of anilines is 2. The van der Waals surface area contributed by atoms with E-state index < -0.39 is 0 Å². The summed E-state index contributed by atoms with van der Waals surface area (Å²) in [5.41, 5.74) is 1.73. The lowest BCUT2D eigenvalue weighted by Crippen LogP contribution is -2.50. The van der Waals surface area contributed by atoms with Crippen molar-refractivity contribution < 1.29 is 19.1 Å². The molecule has 0 aromatic heterocycles. The Kier molecular flexibility index (Phi) is 8.95. The third-order valence-electron chi connectivity index (χ3n) is 7.08. The van der Waals surface area contributed by atoms with Gasteiger partial charge in [-0.2, -0.15) is 0 Å². The van der Waals surface area contributed by atoms with Crippen molar-refractivity contribution in [2.45, 2.75) is 38.5 Å². The number of nitrogens with zero attached hydrogens (tertiary/aromatic N) is 2. The van der Waals surface area contributed by atoms with Crippen molar-refractivity contribution in [1.82, 2.24) is 9.80 Å². The predicted molar refractivity (Wildman–Crippen MR) is 140 cm³/mol. The van der Waals surface area contributed by atoms with Crippen molar-refractivity contribution in [1.29, 1.82) is 0 Å². The average Bonchev–Trinajstić information content (AvgIpc) is 2.93. The molecule has 0 radical (unpaired) electrons. The number of hydrogen-bond acceptors (Lipinski definition) is 5. The van der Waals surface area contributed by atoms with Crippen LogP contribution in [0.1, 0.15) is 48.9 Å². The topological polar surface area (TPSA) is 91.0 Å². The average molecular weight is 493 g/mol. The van der Waals surface area contributed by atoms with E-state index in [1.165, 1.54) is 19.3 Å². The van der Waals surface area contributed by atoms with Gasteiger partial charge in [0, 0.05) is 56.3 Å². The van der Waals surface area contributed by atoms with Crippen molar-refractivity contribution in [3.63, 3.8) is 0 Å². The summed E-state index contributed by atoms with van der Waals surface area (Å²) in [6.07, 6.45) is 6.05. The molecule has 4 rings (SSSR count). The van der Waals surface area contributed by atoms with Crippen LogP contribution in [0.4, 0.5) is 11.4 Å². The molecular formula is C28H36N4O4. The standard InChI is InChI=1S/C28H36N4O4/c1-36-25-10-6-5-9-24(25)30-27(34)21-11-13-23(14-12-21)29-26(33)15-16-31-17-19-32(20-18-31)28(35)22-7-3-2-4-8-22/h5-6,9-14,22H,2-4,7-8,15-20H2,1H3,(H,29,33)(H,30,34). The summed E-state index contributed by atoms with van der Waals surface area (Å²) >= 11 is 0. The van der Waals surface area contributed by atoms with E-state index >= 15 is 0 Å². The number of amides is 3. The van der Waals surface area contributed by atoms with Crippen LogP contribution in [0.25, 0.3) is 0 Å². The minimum absolute atomic E-state index is 0.0677. The molecule has 3 amide bonds. The zero-order chi connectivity index (χ0) is 25.3. The van der Waals surface area contributed by atoms with Crippen LogP contribution in [0.3, 0.4) is 0 Å². The lowest BCUT2D eigenvalue weighted by molar-refractivity contribution is -0.138. The molecule has 0 spiro atoms. The fourth-order valence-electron chi connectivity index (χ4n) is 4.93. The van der Waals surface area contributed by atoms with Crippen LogP contribution >= 0.6 is 0 Å². The molecule has 2 aliphatic rings. The SMILES string of the molecule is COc1ccccc1NC(=O)c1ccc(NC(=O)CCN2CCN(C(=O)C3CCCCC3)CC2)cc1. The molecule has 2 N–H and O–H groups in total. The van der Waals surface area contributed by atoms with Gasteiger partial charge in [-0.15, -0.1) is 0 Å². The van der Waals surface area contributed by atoms with Crippen LogP contribution in [0.2, 0.25) is 0 Å². The van der Waals surface area contributed by atoms with Gasteiger partial charge in [0.1, 0.15) is 5.75 Å². The number of ether oxygens (including phenoxy) is 1. The molecular weight excluding hydrogens is 456 g/mol. The Bertz CT molecular complexity index is 1040. The molecule has 0 bridgehead atoms. The van der Waals surface area contributed by atoms with Crippen LogP contribution in [0, 0.1) is 5.92 Å². The second-order valence-corrected chi connectivity index (χ2v) is 9.53. The van der Waals surface area contributed by atoms with E-state index in [0.717, 1.165) is 39.0 Å². The van der Waals surface area contributed by atoms with Crippen molar-refractivity contribution in [2.24, 2.45) is 5.92 Å². The largest absolute Gasteiger partial charge is 0.495 e. The van der Waals surface area contributed by atoms with Crippen molar-refractivity contribution in [3.05, 3.63) is 54.1 Å². The highest BCUT2D eigenvalue weighted by Gasteiger charge is 2.28. The van der Waals surface area contributed by atoms with Crippen molar-refractivity contribution in [2.75, 3.05) is 50.5 Å². The van der Waals surface area contributed by atoms with Crippen LogP contribution < -0.4 is 15.4 Å². The minimum Gasteiger partial charge on any atom is -0.495 e. The third-order valence-corrected chi connectivity index (χ3v) is 7.08. The van der Waals surface area contributed by atoms with E-state index in [0.29, 0.717) is 41.6 Å². The number of methoxy groups -OCH3 is 1. The molecule has 0 atom stereocenters. The molecule has 1 aliphatic heterocycles. The van der Waals surface area contributed by atoms with Gasteiger partial charge in [-0.3, -0.25) is 19.3 Å². The summed E-state index contributed by atoms with van der Waals surface area (Å²) in [6, 6.07) is 14.0. The minimum atomic E-state index is -0.251. The van der Waals surface area contributed by atoms with E-state index in [9.17, 15) is 14.4 Å². The fraction of sp³-hybridized carbons (Fsp3) is 0.464. The molecule has 1 aliphatic carbocycles. The molecule has 1 saturated carbocycles. The zero-order valence-electron chi connectivity index (χ0n) is 21.0. The quantitative estimate of drug-likeness (QED) is 0.581. The molecule has 36 heavy (non-hydrogen) atoms. The number of carbonyl (C=O) groups excluding carboxylic acids is 3. The lowest BCUT2D eigenvalue weighted by Gasteiger charge is -2.37. The second-order valence-electron chi connectivity index (χ2n) is 9.53. The number of para-hydroxylation sites is 2. The molecule has 2 aromatic carbocycles. The Morgan fingerprint density at radius 1 is 0.889 bits per heavy atom. The van der Waals surface area contributed by atoms with Crippen LogP contribution in [0.5, 0.6) is 5.75 Å². The maximum atomic E-state index is 12.7. The van der Waals surface area contributed by atoms with Gasteiger partial charge in [-0.1, -0.05) is 31.4 Å². The summed E-state index contributed by atoms with van der Waals surface area (Å²) in [7, 11) is 1.56. The van der Waals surface area contributed by atoms with E-state index in [1.54, 1.807) is 43.5 Å². The molecule has 8 nitrogen and oxygen atoms in total. The lowest BCUT2D eigenvalue weighted by atomic mass is 9.88. The van der Waals surface area contributed by atoms with Gasteiger partial charge < -0.3 is 20.3 Å². The fourth-order valence-corrected chi connectivity index (χ4v) is 4.93. The van der Waals surface area contributed by atoms with Gasteiger partial charge in [-0.25, -0.2) is 0 Å². The van der Waals surface area contributed by atoms with Crippen molar-refractivity contribution in [3.8, 4) is 5.75 Å². The molecule has 1 saturated heterocycles. The summed E-state index contributed by atoms with van der Waals surface area (Å²) in [5.74, 6) is 0.814. The predicted octanol–water partition coefficient (Wildman–Crippen LogP) is 4.00. The first kappa shape index (κ1) is 25.7. The Morgan fingerprint density at radius 2 is 1.58 bits per heavy atom. The Morgan fingerprint density at radius 3 is 2.28 bits per heavy atom. The van der Waals surface area contributed by atoms with Crippen molar-refractivity contribution >= 4 is 29.1 Å². The molecule has 192 valence electrons. The van der Waals surface area contributed by atoms with Crippen LogP contribution in [0.15, 0.2) is 48.5 Å². The van der Waals surface area contributed by atoms with Crippen LogP contribution in [-0.4, -0.2) is 67.4 Å². The molecule has 2 fully saturated rings. The van der Waals surface area contributed by atoms with E-state index in [2.05, 4.69) is 15.5 Å². The summed E-state index contributed by atoms with van der Waals surface area (Å²) in [4.78, 5) is 42.0. The summed E-state index contributed by atoms with van der Waals surface area (Å²) < 4.78 is 5.27. The van der Waals surface area contributed by atoms with Gasteiger partial charge in [0.05, 0.1) is 12.8 Å². The molecule has 2 aromatic rings. The monoisotopic (exact) mass is 492 g/mol. The first-order valence-electron chi connectivity index (χ1n) is 12.9. The zero-order valence-corrected chi connectivity index (χ0v) is 21.0. The van der Waals surface area contributed by atoms with E-state index in [-0.39, 0.29) is 17.7 Å². The van der Waals surface area contributed by atoms with Gasteiger partial charge >= 0.3 is 0 Å². The normalized spacial score (nSPS) is 16.9. The summed E-state index contributed by atoms with van der Waals surface area (Å²) in [6.45, 7) is 3.77. The highest BCUT2D eigenvalue weighted by atomic mass is 16.5. The third kappa shape index (κ3) is 6.85. The number of rotatable bonds is 8. The Balaban J connectivity index is 1.18. The second kappa shape index (κ2) is 12.5. The number of benzene rings is 2. The maximum Gasteiger partial charge on any atom is 0.255 e. The van der Waals surface area contributed by atoms with Gasteiger partial charge in [0.2, 0.25) is 11.8 Å². The Hall–Kier alpha value is -3.39. The van der Waals surface area contributed by atoms with Crippen LogP contribution in [-0.2, 0) is 9.59 Å². The van der Waals surface area contributed by atoms with E-state index in [4.69, 9.17) is 4.74 Å². The van der Waals surface area contributed by atoms with Gasteiger partial charge in [-0.05, 0) is 49.2 Å². The first-order chi connectivity index (χ1) is 17.5. The smallest absolute Gasteiger partial charge is 0.255 e. The first-order valence-corrected chi connectivity index (χ1v) is 12.9. The number of nitrogens with one attached hydrogen (secondary N) is 2. The molecule has 0 unspecified atom stereocenters. The highest BCUT2D eigenvalue weighted by Crippen LogP contribution is 2.26. The number of carbonyl (C=O) groups is 3. The molecule has 1 heterocycles.